The second kappa shape index (κ2) is 36.1. The molecule has 0 aliphatic carbocycles. The molecule has 0 saturated carbocycles. The molecule has 5 aromatic rings. The number of likely N-dealkylation sites (N-methyl/N-ethyl adjacent to an activating group) is 2. The summed E-state index contributed by atoms with van der Waals surface area (Å²) in [5.41, 5.74) is 16.3. The Morgan fingerprint density at radius 3 is 1.90 bits per heavy atom. The number of benzene rings is 4. The van der Waals surface area contributed by atoms with Crippen LogP contribution < -0.4 is 36.9 Å². The molecule has 0 radical (unpaired) electrons. The summed E-state index contributed by atoms with van der Waals surface area (Å²) < 4.78 is 16.8. The Morgan fingerprint density at radius 2 is 1.39 bits per heavy atom. The highest BCUT2D eigenvalue weighted by Crippen LogP contribution is 2.32. The SMILES string of the molecule is CC(=O)O.CCCc1cc(C(=O)CBr)ccc1O.CCCc1cc(C(=O)c2sc(Nc3ccc(OCCNCC)cc3)nc2N)ccc1O.CCN(CCOc1ccc(NC(=S)N=C(N)SCP)cc1)C(=O)OC(C)(C)C. The van der Waals surface area contributed by atoms with Crippen molar-refractivity contribution in [2.24, 2.45) is 10.7 Å². The summed E-state index contributed by atoms with van der Waals surface area (Å²) in [7, 11) is 2.56. The molecule has 0 aliphatic heterocycles. The lowest BCUT2D eigenvalue weighted by Gasteiger charge is -2.26. The highest BCUT2D eigenvalue weighted by Gasteiger charge is 2.22. The number of hydrogen-bond acceptors (Lipinski definition) is 16. The first-order valence-electron chi connectivity index (χ1n) is 24.7. The van der Waals surface area contributed by atoms with Crippen molar-refractivity contribution < 1.29 is 48.7 Å². The monoisotopic (exact) mass is 1200 g/mol. The van der Waals surface area contributed by atoms with Crippen LogP contribution in [0.15, 0.2) is 89.9 Å². The van der Waals surface area contributed by atoms with E-state index in [1.54, 1.807) is 41.3 Å². The van der Waals surface area contributed by atoms with Crippen LogP contribution in [0.25, 0.3) is 0 Å². The smallest absolute Gasteiger partial charge is 0.410 e. The Labute approximate surface area is 476 Å². The number of anilines is 4. The molecule has 10 N–H and O–H groups in total. The minimum absolute atomic E-state index is 0.0438. The zero-order valence-electron chi connectivity index (χ0n) is 44.9. The maximum atomic E-state index is 13.0. The summed E-state index contributed by atoms with van der Waals surface area (Å²) in [5.74, 6) is 1.15. The van der Waals surface area contributed by atoms with Crippen molar-refractivity contribution in [3.05, 3.63) is 112 Å². The van der Waals surface area contributed by atoms with E-state index in [0.29, 0.717) is 75.2 Å². The predicted molar refractivity (Wildman–Crippen MR) is 325 cm³/mol. The van der Waals surface area contributed by atoms with E-state index in [-0.39, 0.29) is 35.0 Å². The van der Waals surface area contributed by atoms with Gasteiger partial charge in [0.15, 0.2) is 21.2 Å². The number of thiocarbonyl (C=S) groups is 1. The lowest BCUT2D eigenvalue weighted by Crippen LogP contribution is -2.38. The molecule has 0 aliphatic rings. The van der Waals surface area contributed by atoms with Crippen LogP contribution in [0.2, 0.25) is 0 Å². The number of ether oxygens (including phenoxy) is 3. The van der Waals surface area contributed by atoms with Crippen LogP contribution in [-0.2, 0) is 22.4 Å². The van der Waals surface area contributed by atoms with Crippen molar-refractivity contribution in [2.45, 2.75) is 86.7 Å². The molecule has 77 heavy (non-hydrogen) atoms. The average molecular weight is 1200 g/mol. The highest BCUT2D eigenvalue weighted by molar-refractivity contribution is 9.09. The van der Waals surface area contributed by atoms with E-state index in [2.05, 4.69) is 58.0 Å². The number of carboxylic acid groups (broad SMARTS) is 1. The summed E-state index contributed by atoms with van der Waals surface area (Å²) in [6.07, 6.45) is 2.99. The average Bonchev–Trinajstić information content (AvgIpc) is 3.75. The third kappa shape index (κ3) is 26.7. The zero-order valence-corrected chi connectivity index (χ0v) is 50.1. The number of phenolic OH excluding ortho intramolecular Hbond substituents is 2. The number of aromatic hydroxyl groups is 2. The van der Waals surface area contributed by atoms with Crippen LogP contribution in [0.4, 0.5) is 27.1 Å². The molecule has 1 unspecified atom stereocenters. The molecule has 420 valence electrons. The van der Waals surface area contributed by atoms with Gasteiger partial charge in [-0.05, 0) is 155 Å². The lowest BCUT2D eigenvalue weighted by atomic mass is 10.0. The van der Waals surface area contributed by atoms with E-state index in [9.17, 15) is 24.6 Å². The van der Waals surface area contributed by atoms with E-state index in [4.69, 9.17) is 47.8 Å². The number of Topliss-reactive ketones (excluding diaryl/α,β-unsaturated/α-hetero) is 1. The van der Waals surface area contributed by atoms with E-state index < -0.39 is 11.6 Å². The number of alkyl halides is 1. The van der Waals surface area contributed by atoms with Gasteiger partial charge in [0.05, 0.1) is 11.9 Å². The number of nitrogens with one attached hydrogen (secondary N) is 3. The van der Waals surface area contributed by atoms with Gasteiger partial charge in [-0.2, -0.15) is 4.99 Å². The van der Waals surface area contributed by atoms with Crippen LogP contribution in [0.5, 0.6) is 23.0 Å². The van der Waals surface area contributed by atoms with Crippen LogP contribution >= 0.6 is 60.5 Å². The largest absolute Gasteiger partial charge is 0.508 e. The number of aryl methyl sites for hydroxylation is 2. The predicted octanol–water partition coefficient (Wildman–Crippen LogP) is 11.3. The number of nitrogens with zero attached hydrogens (tertiary/aromatic N) is 3. The number of phenols is 2. The van der Waals surface area contributed by atoms with Crippen LogP contribution in [0.1, 0.15) is 105 Å². The second-order valence-electron chi connectivity index (χ2n) is 17.3. The van der Waals surface area contributed by atoms with Crippen molar-refractivity contribution in [1.82, 2.24) is 15.2 Å². The van der Waals surface area contributed by atoms with Gasteiger partial charge in [-0.25, -0.2) is 9.78 Å². The number of carbonyl (C=O) groups excluding carboxylic acids is 3. The summed E-state index contributed by atoms with van der Waals surface area (Å²) >= 11 is 10.9. The fourth-order valence-corrected chi connectivity index (χ4v) is 8.64. The highest BCUT2D eigenvalue weighted by atomic mass is 79.9. The topological polar surface area (TPSA) is 273 Å². The van der Waals surface area contributed by atoms with Crippen LogP contribution in [-0.4, -0.2) is 115 Å². The molecule has 0 bridgehead atoms. The lowest BCUT2D eigenvalue weighted by molar-refractivity contribution is -0.134. The summed E-state index contributed by atoms with van der Waals surface area (Å²) in [5, 5.41) is 37.8. The number of nitrogen functional groups attached to an aromatic ring is 1. The number of amides is 1. The van der Waals surface area contributed by atoms with Crippen LogP contribution in [0.3, 0.4) is 0 Å². The van der Waals surface area contributed by atoms with Gasteiger partial charge in [0.2, 0.25) is 5.78 Å². The second-order valence-corrected chi connectivity index (χ2v) is 21.3. The molecule has 1 amide bonds. The van der Waals surface area contributed by atoms with Crippen molar-refractivity contribution in [2.75, 3.05) is 66.6 Å². The number of ketones is 2. The Balaban J connectivity index is 0.000000404. The summed E-state index contributed by atoms with van der Waals surface area (Å²) in [6.45, 7) is 18.3. The third-order valence-electron chi connectivity index (χ3n) is 9.88. The molecular weight excluding hydrogens is 1130 g/mol. The zero-order chi connectivity index (χ0) is 57.5. The van der Waals surface area contributed by atoms with E-state index in [1.807, 2.05) is 90.1 Å². The van der Waals surface area contributed by atoms with E-state index >= 15 is 0 Å². The van der Waals surface area contributed by atoms with Crippen molar-refractivity contribution in [3.63, 3.8) is 0 Å². The number of halogens is 1. The minimum atomic E-state index is -0.833. The van der Waals surface area contributed by atoms with Gasteiger partial charge >= 0.3 is 6.09 Å². The van der Waals surface area contributed by atoms with Gasteiger partial charge in [0.1, 0.15) is 52.5 Å². The molecule has 4 aromatic carbocycles. The quantitative estimate of drug-likeness (QED) is 0.00608. The molecular formula is C54H74BrN8O10PS3. The van der Waals surface area contributed by atoms with Gasteiger partial charge < -0.3 is 61.8 Å². The van der Waals surface area contributed by atoms with Gasteiger partial charge in [-0.3, -0.25) is 14.4 Å². The van der Waals surface area contributed by atoms with E-state index in [0.717, 1.165) is 73.0 Å². The standard InChI is InChI=1S/C23H28N4O3S.C18H29N4O3PS2.C11H13BrO2.C2H4O2/c1-3-5-15-14-16(6-11-19(15)28)20(29)21-22(24)27-23(31-21)26-17-7-9-18(10-8-17)30-13-12-25-4-2;1-5-22(17(23)25-18(2,3)4)10-11-24-14-8-6-13(7-9-14)20-16(27)21-15(19)28-12-26;1-2-3-8-6-9(11(14)7-12)4-5-10(8)13;1-2(3)4/h6-11,14,25,28H,3-5,12-13,24H2,1-2H3,(H,26,27);6-9H,5,10-12,26H2,1-4H3,(H3,19,20,21,27);4-6,13H,2-3,7H2,1H3;1H3,(H,3,4). The number of thiazole rings is 1. The Morgan fingerprint density at radius 1 is 0.857 bits per heavy atom. The van der Waals surface area contributed by atoms with Gasteiger partial charge in [0.25, 0.3) is 5.97 Å². The molecule has 23 heteroatoms. The first kappa shape index (κ1) is 67.1. The molecule has 0 saturated heterocycles. The molecule has 5 rings (SSSR count). The Kier molecular flexibility index (Phi) is 31.5. The van der Waals surface area contributed by atoms with Crippen molar-refractivity contribution in [3.8, 4) is 23.0 Å². The van der Waals surface area contributed by atoms with Gasteiger partial charge in [-0.15, -0.1) is 9.24 Å². The van der Waals surface area contributed by atoms with E-state index in [1.165, 1.54) is 23.1 Å². The Hall–Kier alpha value is -6.03. The number of hydrogen-bond donors (Lipinski definition) is 8. The number of aliphatic carboxylic acids is 1. The number of amidine groups is 1. The third-order valence-corrected chi connectivity index (χ3v) is 12.6. The first-order valence-corrected chi connectivity index (χ1v) is 28.9. The normalized spacial score (nSPS) is 10.8. The fourth-order valence-electron chi connectivity index (χ4n) is 6.34. The van der Waals surface area contributed by atoms with Gasteiger partial charge in [-0.1, -0.05) is 72.6 Å². The number of thioether (sulfide) groups is 1. The summed E-state index contributed by atoms with van der Waals surface area (Å²) in [6, 6.07) is 24.7. The molecule has 1 atom stereocenters. The summed E-state index contributed by atoms with van der Waals surface area (Å²) in [4.78, 5) is 55.8. The molecule has 18 nitrogen and oxygen atoms in total. The Bertz CT molecular complexity index is 2670. The van der Waals surface area contributed by atoms with Crippen molar-refractivity contribution in [1.29, 1.82) is 0 Å². The molecule has 0 spiro atoms. The maximum absolute atomic E-state index is 13.0. The molecule has 1 heterocycles. The number of carboxylic acids is 1. The minimum Gasteiger partial charge on any atom is -0.508 e. The number of carbonyl (C=O) groups is 4. The number of aromatic nitrogens is 1. The number of rotatable bonds is 22. The van der Waals surface area contributed by atoms with Crippen molar-refractivity contribution >= 4 is 117 Å². The number of nitrogens with two attached hydrogens (primary N) is 2. The molecule has 1 aromatic heterocycles. The van der Waals surface area contributed by atoms with Gasteiger partial charge in [0, 0.05) is 48.0 Å². The maximum Gasteiger partial charge on any atom is 0.410 e. The van der Waals surface area contributed by atoms with Crippen LogP contribution in [0, 0.1) is 0 Å². The first-order chi connectivity index (χ1) is 36.6. The fraction of sp³-hybridized carbons (Fsp3) is 0.389. The molecule has 0 fully saturated rings. The number of aliphatic imine (C=N–C) groups is 1.